The zero-order chi connectivity index (χ0) is 18.5. The largest absolute Gasteiger partial charge is 0.379 e. The van der Waals surface area contributed by atoms with Crippen LogP contribution in [0.3, 0.4) is 0 Å². The van der Waals surface area contributed by atoms with E-state index in [1.54, 1.807) is 0 Å². The van der Waals surface area contributed by atoms with E-state index in [0.717, 1.165) is 58.8 Å². The molecule has 3 heterocycles. The summed E-state index contributed by atoms with van der Waals surface area (Å²) in [5.74, 6) is 0.0874. The standard InChI is InChI=1S/C20H29N5O2/c26-20(21-7-3-8-24-10-12-27-13-11-24)18-14-17(22-23-18)15-25-9-6-16-4-1-2-5-19(16)25/h1-2,4-6,9,17-18,22-23H,3,7-8,10-15H2,(H,21,26). The van der Waals surface area contributed by atoms with Crippen LogP contribution in [0, 0.1) is 0 Å². The second kappa shape index (κ2) is 8.84. The second-order valence-electron chi connectivity index (χ2n) is 7.40. The number of amides is 1. The molecule has 2 unspecified atom stereocenters. The first-order valence-electron chi connectivity index (χ1n) is 9.92. The lowest BCUT2D eigenvalue weighted by molar-refractivity contribution is -0.122. The molecule has 27 heavy (non-hydrogen) atoms. The molecule has 2 aliphatic heterocycles. The normalized spacial score (nSPS) is 23.7. The van der Waals surface area contributed by atoms with Crippen molar-refractivity contribution in [1.82, 2.24) is 25.6 Å². The van der Waals surface area contributed by atoms with E-state index in [1.165, 1.54) is 10.9 Å². The van der Waals surface area contributed by atoms with E-state index in [9.17, 15) is 4.79 Å². The number of ether oxygens (including phenoxy) is 1. The van der Waals surface area contributed by atoms with Gasteiger partial charge in [-0.25, -0.2) is 5.43 Å². The maximum Gasteiger partial charge on any atom is 0.238 e. The average Bonchev–Trinajstić information content (AvgIpc) is 3.34. The maximum absolute atomic E-state index is 12.4. The monoisotopic (exact) mass is 371 g/mol. The Bertz CT molecular complexity index is 756. The Morgan fingerprint density at radius 2 is 2.04 bits per heavy atom. The van der Waals surface area contributed by atoms with Crippen LogP contribution < -0.4 is 16.2 Å². The summed E-state index contributed by atoms with van der Waals surface area (Å²) in [6.45, 7) is 6.23. The summed E-state index contributed by atoms with van der Waals surface area (Å²) in [6, 6.07) is 10.6. The summed E-state index contributed by atoms with van der Waals surface area (Å²) in [5.41, 5.74) is 7.67. The van der Waals surface area contributed by atoms with Gasteiger partial charge < -0.3 is 14.6 Å². The first-order valence-corrected chi connectivity index (χ1v) is 9.92. The van der Waals surface area contributed by atoms with E-state index < -0.39 is 0 Å². The molecule has 2 saturated heterocycles. The van der Waals surface area contributed by atoms with Crippen molar-refractivity contribution in [2.75, 3.05) is 39.4 Å². The lowest BCUT2D eigenvalue weighted by atomic mass is 10.1. The molecule has 7 nitrogen and oxygen atoms in total. The van der Waals surface area contributed by atoms with Crippen molar-refractivity contribution in [3.05, 3.63) is 36.5 Å². The highest BCUT2D eigenvalue weighted by molar-refractivity contribution is 5.82. The second-order valence-corrected chi connectivity index (χ2v) is 7.40. The Balaban J connectivity index is 1.19. The average molecular weight is 371 g/mol. The fourth-order valence-corrected chi connectivity index (χ4v) is 3.91. The molecule has 2 aromatic rings. The maximum atomic E-state index is 12.4. The fraction of sp³-hybridized carbons (Fsp3) is 0.550. The quantitative estimate of drug-likeness (QED) is 0.626. The van der Waals surface area contributed by atoms with Gasteiger partial charge in [0.25, 0.3) is 0 Å². The van der Waals surface area contributed by atoms with E-state index in [4.69, 9.17) is 4.74 Å². The van der Waals surface area contributed by atoms with Gasteiger partial charge in [-0.2, -0.15) is 0 Å². The summed E-state index contributed by atoms with van der Waals surface area (Å²) in [4.78, 5) is 14.8. The number of hydrogen-bond acceptors (Lipinski definition) is 5. The van der Waals surface area contributed by atoms with Gasteiger partial charge in [-0.15, -0.1) is 0 Å². The number of morpholine rings is 1. The predicted molar refractivity (Wildman–Crippen MR) is 105 cm³/mol. The van der Waals surface area contributed by atoms with Gasteiger partial charge in [-0.1, -0.05) is 18.2 Å². The van der Waals surface area contributed by atoms with Crippen LogP contribution in [0.15, 0.2) is 36.5 Å². The number of carbonyl (C=O) groups is 1. The van der Waals surface area contributed by atoms with E-state index in [-0.39, 0.29) is 18.0 Å². The Morgan fingerprint density at radius 1 is 1.19 bits per heavy atom. The molecule has 2 atom stereocenters. The summed E-state index contributed by atoms with van der Waals surface area (Å²) < 4.78 is 7.60. The molecule has 0 saturated carbocycles. The molecule has 0 aliphatic carbocycles. The summed E-state index contributed by atoms with van der Waals surface area (Å²) in [5, 5.41) is 4.32. The lowest BCUT2D eigenvalue weighted by Gasteiger charge is -2.26. The molecule has 3 N–H and O–H groups in total. The van der Waals surface area contributed by atoms with Crippen molar-refractivity contribution in [2.45, 2.75) is 31.5 Å². The Morgan fingerprint density at radius 3 is 2.93 bits per heavy atom. The molecular weight excluding hydrogens is 342 g/mol. The van der Waals surface area contributed by atoms with Gasteiger partial charge in [0.1, 0.15) is 6.04 Å². The SMILES string of the molecule is O=C(NCCCN1CCOCC1)C1CC(Cn2ccc3ccccc32)NN1. The molecule has 4 rings (SSSR count). The topological polar surface area (TPSA) is 70.6 Å². The minimum absolute atomic E-state index is 0.0874. The third-order valence-corrected chi connectivity index (χ3v) is 5.45. The fourth-order valence-electron chi connectivity index (χ4n) is 3.91. The summed E-state index contributed by atoms with van der Waals surface area (Å²) in [7, 11) is 0. The lowest BCUT2D eigenvalue weighted by Crippen LogP contribution is -2.44. The Kier molecular flexibility index (Phi) is 6.03. The highest BCUT2D eigenvalue weighted by atomic mass is 16.5. The summed E-state index contributed by atoms with van der Waals surface area (Å²) in [6.07, 6.45) is 3.89. The van der Waals surface area contributed by atoms with E-state index in [1.807, 2.05) is 0 Å². The van der Waals surface area contributed by atoms with E-state index >= 15 is 0 Å². The van der Waals surface area contributed by atoms with Gasteiger partial charge >= 0.3 is 0 Å². The van der Waals surface area contributed by atoms with Crippen LogP contribution in [-0.4, -0.2) is 66.9 Å². The molecule has 2 fully saturated rings. The number of fused-ring (bicyclic) bond motifs is 1. The van der Waals surface area contributed by atoms with Gasteiger partial charge in [0.05, 0.1) is 13.2 Å². The van der Waals surface area contributed by atoms with Crippen LogP contribution in [0.4, 0.5) is 0 Å². The molecule has 7 heteroatoms. The predicted octanol–water partition coefficient (Wildman–Crippen LogP) is 0.715. The molecule has 1 amide bonds. The van der Waals surface area contributed by atoms with Crippen LogP contribution in [0.25, 0.3) is 10.9 Å². The van der Waals surface area contributed by atoms with Crippen LogP contribution >= 0.6 is 0 Å². The van der Waals surface area contributed by atoms with Crippen molar-refractivity contribution in [2.24, 2.45) is 0 Å². The van der Waals surface area contributed by atoms with Gasteiger partial charge in [0.15, 0.2) is 0 Å². The third-order valence-electron chi connectivity index (χ3n) is 5.45. The van der Waals surface area contributed by atoms with Crippen LogP contribution in [0.1, 0.15) is 12.8 Å². The van der Waals surface area contributed by atoms with Crippen LogP contribution in [0.2, 0.25) is 0 Å². The van der Waals surface area contributed by atoms with Gasteiger partial charge in [-0.3, -0.25) is 15.1 Å². The van der Waals surface area contributed by atoms with Gasteiger partial charge in [0.2, 0.25) is 5.91 Å². The third kappa shape index (κ3) is 4.68. The number of rotatable bonds is 7. The first kappa shape index (κ1) is 18.4. The van der Waals surface area contributed by atoms with E-state index in [2.05, 4.69) is 62.2 Å². The number of nitrogens with zero attached hydrogens (tertiary/aromatic N) is 2. The molecule has 146 valence electrons. The summed E-state index contributed by atoms with van der Waals surface area (Å²) >= 11 is 0. The number of hydrazine groups is 1. The molecule has 2 aliphatic rings. The van der Waals surface area contributed by atoms with Crippen LogP contribution in [-0.2, 0) is 16.1 Å². The Labute approximate surface area is 160 Å². The number of hydrogen-bond donors (Lipinski definition) is 3. The van der Waals surface area contributed by atoms with Crippen molar-refractivity contribution in [3.63, 3.8) is 0 Å². The molecule has 0 radical (unpaired) electrons. The van der Waals surface area contributed by atoms with Gasteiger partial charge in [0, 0.05) is 43.9 Å². The zero-order valence-electron chi connectivity index (χ0n) is 15.7. The molecule has 0 bridgehead atoms. The smallest absolute Gasteiger partial charge is 0.238 e. The number of benzene rings is 1. The number of nitrogens with one attached hydrogen (secondary N) is 3. The molecule has 1 aromatic carbocycles. The van der Waals surface area contributed by atoms with Crippen molar-refractivity contribution >= 4 is 16.8 Å². The number of para-hydroxylation sites is 1. The molecular formula is C20H29N5O2. The minimum Gasteiger partial charge on any atom is -0.379 e. The highest BCUT2D eigenvalue weighted by Gasteiger charge is 2.29. The van der Waals surface area contributed by atoms with E-state index in [0.29, 0.717) is 0 Å². The van der Waals surface area contributed by atoms with Gasteiger partial charge in [-0.05, 0) is 36.9 Å². The molecule has 0 spiro atoms. The number of carbonyl (C=O) groups excluding carboxylic acids is 1. The van der Waals surface area contributed by atoms with Crippen molar-refractivity contribution in [1.29, 1.82) is 0 Å². The first-order chi connectivity index (χ1) is 13.3. The number of aromatic nitrogens is 1. The Hall–Kier alpha value is -1.93. The highest BCUT2D eigenvalue weighted by Crippen LogP contribution is 2.17. The van der Waals surface area contributed by atoms with Crippen molar-refractivity contribution in [3.8, 4) is 0 Å². The molecule has 1 aromatic heterocycles. The zero-order valence-corrected chi connectivity index (χ0v) is 15.7. The minimum atomic E-state index is -0.166. The van der Waals surface area contributed by atoms with Crippen LogP contribution in [0.5, 0.6) is 0 Å². The van der Waals surface area contributed by atoms with Crippen molar-refractivity contribution < 1.29 is 9.53 Å².